The van der Waals surface area contributed by atoms with Crippen molar-refractivity contribution in [3.63, 3.8) is 0 Å². The fourth-order valence-electron chi connectivity index (χ4n) is 5.79. The van der Waals surface area contributed by atoms with Gasteiger partial charge in [0, 0.05) is 27.5 Å². The molecule has 0 bridgehead atoms. The highest BCUT2D eigenvalue weighted by Crippen LogP contribution is 2.39. The first-order valence-electron chi connectivity index (χ1n) is 13.8. The SMILES string of the molecule is c1ccc(C2=NC(c3cc(-c4ccccc4)cc4oc5ccccc5c34)NC(c3cccc4ccccc34)=N2)cc1. The van der Waals surface area contributed by atoms with Gasteiger partial charge in [0.25, 0.3) is 0 Å². The van der Waals surface area contributed by atoms with Gasteiger partial charge in [-0.15, -0.1) is 0 Å². The van der Waals surface area contributed by atoms with Crippen LogP contribution in [0.5, 0.6) is 0 Å². The fourth-order valence-corrected chi connectivity index (χ4v) is 5.79. The van der Waals surface area contributed by atoms with Crippen LogP contribution >= 0.6 is 0 Å². The van der Waals surface area contributed by atoms with Crippen molar-refractivity contribution < 1.29 is 4.42 Å². The van der Waals surface area contributed by atoms with E-state index in [1.165, 1.54) is 5.39 Å². The van der Waals surface area contributed by atoms with Crippen LogP contribution < -0.4 is 5.32 Å². The summed E-state index contributed by atoms with van der Waals surface area (Å²) in [4.78, 5) is 10.3. The first kappa shape index (κ1) is 23.4. The number of hydrogen-bond donors (Lipinski definition) is 1. The van der Waals surface area contributed by atoms with Gasteiger partial charge in [0.05, 0.1) is 0 Å². The molecule has 0 saturated heterocycles. The van der Waals surface area contributed by atoms with Crippen LogP contribution in [0.15, 0.2) is 154 Å². The van der Waals surface area contributed by atoms with E-state index in [1.807, 2.05) is 36.4 Å². The molecule has 0 fully saturated rings. The van der Waals surface area contributed by atoms with Gasteiger partial charge in [0.15, 0.2) is 5.84 Å². The first-order chi connectivity index (χ1) is 20.3. The Balaban J connectivity index is 1.38. The van der Waals surface area contributed by atoms with E-state index >= 15 is 0 Å². The van der Waals surface area contributed by atoms with E-state index < -0.39 is 0 Å². The van der Waals surface area contributed by atoms with Crippen LogP contribution in [0.2, 0.25) is 0 Å². The Kier molecular flexibility index (Phi) is 5.49. The van der Waals surface area contributed by atoms with Crippen molar-refractivity contribution in [2.45, 2.75) is 6.17 Å². The molecule has 1 aliphatic rings. The topological polar surface area (TPSA) is 49.9 Å². The van der Waals surface area contributed by atoms with E-state index in [9.17, 15) is 0 Å². The summed E-state index contributed by atoms with van der Waals surface area (Å²) in [6, 6.07) is 48.0. The highest BCUT2D eigenvalue weighted by molar-refractivity contribution is 6.18. The third-order valence-corrected chi connectivity index (χ3v) is 7.73. The average molecular weight is 528 g/mol. The zero-order valence-electron chi connectivity index (χ0n) is 22.2. The summed E-state index contributed by atoms with van der Waals surface area (Å²) >= 11 is 0. The zero-order chi connectivity index (χ0) is 27.2. The number of furan rings is 1. The Morgan fingerprint density at radius 2 is 1.24 bits per heavy atom. The van der Waals surface area contributed by atoms with E-state index in [2.05, 4.69) is 108 Å². The minimum Gasteiger partial charge on any atom is -0.456 e. The van der Waals surface area contributed by atoms with Gasteiger partial charge in [-0.25, -0.2) is 9.98 Å². The lowest BCUT2D eigenvalue weighted by atomic mass is 9.96. The van der Waals surface area contributed by atoms with Crippen molar-refractivity contribution in [1.82, 2.24) is 5.32 Å². The second-order valence-corrected chi connectivity index (χ2v) is 10.3. The van der Waals surface area contributed by atoms with Crippen LogP contribution in [-0.2, 0) is 0 Å². The van der Waals surface area contributed by atoms with Gasteiger partial charge < -0.3 is 9.73 Å². The smallest absolute Gasteiger partial charge is 0.159 e. The summed E-state index contributed by atoms with van der Waals surface area (Å²) in [6.45, 7) is 0. The van der Waals surface area contributed by atoms with E-state index in [1.54, 1.807) is 0 Å². The number of para-hydroxylation sites is 1. The molecule has 4 nitrogen and oxygen atoms in total. The van der Waals surface area contributed by atoms with Crippen LogP contribution in [-0.4, -0.2) is 11.7 Å². The highest BCUT2D eigenvalue weighted by Gasteiger charge is 2.26. The van der Waals surface area contributed by atoms with Crippen LogP contribution in [0.1, 0.15) is 22.9 Å². The molecule has 0 aliphatic carbocycles. The van der Waals surface area contributed by atoms with Gasteiger partial charge in [-0.1, -0.05) is 121 Å². The third-order valence-electron chi connectivity index (χ3n) is 7.73. The van der Waals surface area contributed by atoms with Gasteiger partial charge in [0.1, 0.15) is 23.2 Å². The lowest BCUT2D eigenvalue weighted by Gasteiger charge is -2.25. The molecular weight excluding hydrogens is 502 g/mol. The summed E-state index contributed by atoms with van der Waals surface area (Å²) in [5.41, 5.74) is 6.98. The maximum Gasteiger partial charge on any atom is 0.159 e. The van der Waals surface area contributed by atoms with Crippen molar-refractivity contribution in [2.75, 3.05) is 0 Å². The van der Waals surface area contributed by atoms with Crippen LogP contribution in [0.4, 0.5) is 0 Å². The molecule has 1 N–H and O–H groups in total. The number of hydrogen-bond acceptors (Lipinski definition) is 4. The standard InChI is InChI=1S/C37H25N3O/c1-3-12-24(13-4-1)27-22-31(34-30-19-9-10-21-32(30)41-33(34)23-27)37-39-35(26-15-5-2-6-16-26)38-36(40-37)29-20-11-17-25-14-7-8-18-28(25)29/h1-23,37H,(H,38,39,40). The van der Waals surface area contributed by atoms with Gasteiger partial charge in [-0.05, 0) is 40.1 Å². The van der Waals surface area contributed by atoms with Gasteiger partial charge in [-0.3, -0.25) is 0 Å². The molecule has 1 atom stereocenters. The Hall–Kier alpha value is -5.48. The molecule has 0 amide bonds. The number of rotatable bonds is 4. The molecule has 0 radical (unpaired) electrons. The van der Waals surface area contributed by atoms with Crippen molar-refractivity contribution >= 4 is 44.4 Å². The molecule has 2 heterocycles. The molecule has 8 rings (SSSR count). The zero-order valence-corrected chi connectivity index (χ0v) is 22.2. The van der Waals surface area contributed by atoms with Gasteiger partial charge >= 0.3 is 0 Å². The van der Waals surface area contributed by atoms with Crippen LogP contribution in [0.25, 0.3) is 43.8 Å². The lowest BCUT2D eigenvalue weighted by molar-refractivity contribution is 0.662. The first-order valence-corrected chi connectivity index (χ1v) is 13.8. The van der Waals surface area contributed by atoms with Crippen LogP contribution in [0, 0.1) is 0 Å². The van der Waals surface area contributed by atoms with E-state index in [0.29, 0.717) is 5.84 Å². The van der Waals surface area contributed by atoms with Gasteiger partial charge in [0.2, 0.25) is 0 Å². The minimum absolute atomic E-state index is 0.385. The normalized spacial score (nSPS) is 15.1. The molecular formula is C37H25N3O. The predicted molar refractivity (Wildman–Crippen MR) is 168 cm³/mol. The molecule has 41 heavy (non-hydrogen) atoms. The molecule has 0 spiro atoms. The van der Waals surface area contributed by atoms with Crippen molar-refractivity contribution in [1.29, 1.82) is 0 Å². The van der Waals surface area contributed by atoms with Gasteiger partial charge in [-0.2, -0.15) is 0 Å². The molecule has 194 valence electrons. The lowest BCUT2D eigenvalue weighted by Crippen LogP contribution is -2.33. The summed E-state index contributed by atoms with van der Waals surface area (Å²) < 4.78 is 6.42. The van der Waals surface area contributed by atoms with Crippen LogP contribution in [0.3, 0.4) is 0 Å². The second kappa shape index (κ2) is 9.61. The molecule has 4 heteroatoms. The number of nitrogens with zero attached hydrogens (tertiary/aromatic N) is 2. The maximum absolute atomic E-state index is 6.42. The van der Waals surface area contributed by atoms with Crippen molar-refractivity contribution in [2.24, 2.45) is 9.98 Å². The summed E-state index contributed by atoms with van der Waals surface area (Å²) in [5.74, 6) is 1.50. The summed E-state index contributed by atoms with van der Waals surface area (Å²) in [7, 11) is 0. The molecule has 1 unspecified atom stereocenters. The Labute approximate surface area is 237 Å². The summed E-state index contributed by atoms with van der Waals surface area (Å²) in [6.07, 6.45) is -0.385. The largest absolute Gasteiger partial charge is 0.456 e. The highest BCUT2D eigenvalue weighted by atomic mass is 16.3. The molecule has 6 aromatic carbocycles. The number of aliphatic imine (C=N–C) groups is 2. The van der Waals surface area contributed by atoms with E-state index in [-0.39, 0.29) is 6.17 Å². The number of fused-ring (bicyclic) bond motifs is 4. The number of benzene rings is 6. The average Bonchev–Trinajstić information content (AvgIpc) is 3.43. The number of amidine groups is 2. The predicted octanol–water partition coefficient (Wildman–Crippen LogP) is 8.90. The Bertz CT molecular complexity index is 2120. The Morgan fingerprint density at radius 3 is 2.07 bits per heavy atom. The second-order valence-electron chi connectivity index (χ2n) is 10.3. The quantitative estimate of drug-likeness (QED) is 0.248. The van der Waals surface area contributed by atoms with Crippen molar-refractivity contribution in [3.8, 4) is 11.1 Å². The minimum atomic E-state index is -0.385. The summed E-state index contributed by atoms with van der Waals surface area (Å²) in [5, 5.41) is 8.18. The molecule has 7 aromatic rings. The number of nitrogens with one attached hydrogen (secondary N) is 1. The van der Waals surface area contributed by atoms with E-state index in [4.69, 9.17) is 14.4 Å². The Morgan fingerprint density at radius 1 is 0.561 bits per heavy atom. The molecule has 1 aliphatic heterocycles. The molecule has 0 saturated carbocycles. The van der Waals surface area contributed by atoms with E-state index in [0.717, 1.165) is 61.0 Å². The molecule has 1 aromatic heterocycles. The van der Waals surface area contributed by atoms with Crippen molar-refractivity contribution in [3.05, 3.63) is 156 Å². The fraction of sp³-hybridized carbons (Fsp3) is 0.0270. The monoisotopic (exact) mass is 527 g/mol. The third kappa shape index (κ3) is 4.09. The maximum atomic E-state index is 6.42.